The second-order valence-electron chi connectivity index (χ2n) is 8.90. The summed E-state index contributed by atoms with van der Waals surface area (Å²) in [5.74, 6) is -0.313. The third-order valence-electron chi connectivity index (χ3n) is 5.65. The first kappa shape index (κ1) is 24.2. The fourth-order valence-corrected chi connectivity index (χ4v) is 3.95. The van der Waals surface area contributed by atoms with E-state index in [2.05, 4.69) is 27.3 Å². The summed E-state index contributed by atoms with van der Waals surface area (Å²) in [5.41, 5.74) is 5.06. The number of fused-ring (bicyclic) bond motifs is 1. The van der Waals surface area contributed by atoms with Crippen LogP contribution in [0.5, 0.6) is 5.88 Å². The zero-order valence-electron chi connectivity index (χ0n) is 20.1. The Morgan fingerprint density at radius 2 is 1.74 bits per heavy atom. The standard InChI is InChI=1S/C28H30N4O3/c1-18(17-33)29-27(34)21-11-14-23-24(15-21)31-28(35)25(23)26(20-7-5-4-6-8-20)30-22-12-9-19(10-13-22)16-32(2)3/h4-15,18,31,33,35H,16-17H2,1-3H3,(H,29,34)/t18-/m1/s1. The molecule has 0 saturated heterocycles. The minimum absolute atomic E-state index is 0.0203. The largest absolute Gasteiger partial charge is 0.494 e. The topological polar surface area (TPSA) is 101 Å². The number of hydrogen-bond acceptors (Lipinski definition) is 5. The number of aliphatic imine (C=N–C) groups is 1. The van der Waals surface area contributed by atoms with Crippen molar-refractivity contribution in [1.29, 1.82) is 0 Å². The van der Waals surface area contributed by atoms with Crippen molar-refractivity contribution < 1.29 is 15.0 Å². The lowest BCUT2D eigenvalue weighted by atomic mass is 10.00. The normalized spacial score (nSPS) is 12.8. The Morgan fingerprint density at radius 1 is 1.03 bits per heavy atom. The Hall–Kier alpha value is -3.94. The molecule has 0 aliphatic carbocycles. The summed E-state index contributed by atoms with van der Waals surface area (Å²) in [7, 11) is 4.06. The average Bonchev–Trinajstić information content (AvgIpc) is 3.18. The summed E-state index contributed by atoms with van der Waals surface area (Å²) in [6, 6.07) is 22.6. The molecule has 0 bridgehead atoms. The van der Waals surface area contributed by atoms with E-state index in [4.69, 9.17) is 4.99 Å². The fraction of sp³-hybridized carbons (Fsp3) is 0.214. The van der Waals surface area contributed by atoms with Crippen molar-refractivity contribution in [3.05, 3.63) is 95.1 Å². The van der Waals surface area contributed by atoms with Crippen molar-refractivity contribution in [3.63, 3.8) is 0 Å². The van der Waals surface area contributed by atoms with Gasteiger partial charge in [0.1, 0.15) is 0 Å². The number of nitrogens with one attached hydrogen (secondary N) is 2. The molecule has 0 radical (unpaired) electrons. The van der Waals surface area contributed by atoms with E-state index in [-0.39, 0.29) is 24.4 Å². The van der Waals surface area contributed by atoms with Crippen molar-refractivity contribution in [2.45, 2.75) is 19.5 Å². The van der Waals surface area contributed by atoms with Crippen LogP contribution in [0.2, 0.25) is 0 Å². The van der Waals surface area contributed by atoms with Crippen LogP contribution in [0.3, 0.4) is 0 Å². The molecule has 1 heterocycles. The van der Waals surface area contributed by atoms with Gasteiger partial charge >= 0.3 is 0 Å². The van der Waals surface area contributed by atoms with E-state index in [1.54, 1.807) is 25.1 Å². The summed E-state index contributed by atoms with van der Waals surface area (Å²) in [5, 5.41) is 23.6. The van der Waals surface area contributed by atoms with Crippen LogP contribution in [0, 0.1) is 0 Å². The van der Waals surface area contributed by atoms with Crippen molar-refractivity contribution in [2.75, 3.05) is 20.7 Å². The van der Waals surface area contributed by atoms with E-state index in [1.165, 1.54) is 5.56 Å². The zero-order chi connectivity index (χ0) is 24.9. The third-order valence-corrected chi connectivity index (χ3v) is 5.65. The highest BCUT2D eigenvalue weighted by atomic mass is 16.3. The second-order valence-corrected chi connectivity index (χ2v) is 8.90. The summed E-state index contributed by atoms with van der Waals surface area (Å²) in [4.78, 5) is 22.5. The number of carbonyl (C=O) groups is 1. The maximum absolute atomic E-state index is 12.5. The summed E-state index contributed by atoms with van der Waals surface area (Å²) >= 11 is 0. The van der Waals surface area contributed by atoms with E-state index >= 15 is 0 Å². The molecule has 0 unspecified atom stereocenters. The molecule has 7 nitrogen and oxygen atoms in total. The number of aromatic nitrogens is 1. The summed E-state index contributed by atoms with van der Waals surface area (Å²) < 4.78 is 0. The zero-order valence-corrected chi connectivity index (χ0v) is 20.1. The van der Waals surface area contributed by atoms with Crippen LogP contribution in [-0.2, 0) is 6.54 Å². The molecule has 180 valence electrons. The monoisotopic (exact) mass is 470 g/mol. The van der Waals surface area contributed by atoms with Crippen LogP contribution < -0.4 is 5.32 Å². The Kier molecular flexibility index (Phi) is 7.29. The Morgan fingerprint density at radius 3 is 2.40 bits per heavy atom. The first-order valence-corrected chi connectivity index (χ1v) is 11.5. The van der Waals surface area contributed by atoms with Crippen LogP contribution in [0.25, 0.3) is 10.9 Å². The maximum Gasteiger partial charge on any atom is 0.251 e. The lowest BCUT2D eigenvalue weighted by Gasteiger charge is -2.11. The van der Waals surface area contributed by atoms with Gasteiger partial charge in [-0.1, -0.05) is 48.5 Å². The molecule has 0 aliphatic rings. The number of nitrogens with zero attached hydrogens (tertiary/aromatic N) is 2. The molecule has 0 fully saturated rings. The molecule has 1 aromatic heterocycles. The molecule has 0 saturated carbocycles. The highest BCUT2D eigenvalue weighted by Crippen LogP contribution is 2.32. The van der Waals surface area contributed by atoms with Gasteiger partial charge in [-0.2, -0.15) is 0 Å². The van der Waals surface area contributed by atoms with E-state index in [0.717, 1.165) is 23.2 Å². The number of aromatic amines is 1. The average molecular weight is 471 g/mol. The van der Waals surface area contributed by atoms with E-state index in [1.807, 2.05) is 56.6 Å². The molecule has 7 heteroatoms. The summed E-state index contributed by atoms with van der Waals surface area (Å²) in [6.45, 7) is 2.42. The number of amides is 1. The minimum Gasteiger partial charge on any atom is -0.494 e. The molecule has 4 rings (SSSR count). The number of aliphatic hydroxyl groups is 1. The number of aromatic hydroxyl groups is 1. The Balaban J connectivity index is 1.78. The number of H-pyrrole nitrogens is 1. The van der Waals surface area contributed by atoms with Gasteiger partial charge in [0.25, 0.3) is 5.91 Å². The number of benzene rings is 3. The van der Waals surface area contributed by atoms with Crippen LogP contribution in [0.4, 0.5) is 5.69 Å². The van der Waals surface area contributed by atoms with Crippen LogP contribution in [0.1, 0.15) is 34.0 Å². The molecule has 1 amide bonds. The molecular formula is C28H30N4O3. The highest BCUT2D eigenvalue weighted by molar-refractivity contribution is 6.22. The molecular weight excluding hydrogens is 440 g/mol. The quantitative estimate of drug-likeness (QED) is 0.290. The SMILES string of the molecule is C[C@H](CO)NC(=O)c1ccc2c(C(=Nc3ccc(CN(C)C)cc3)c3ccccc3)c(O)[nH]c2c1. The number of rotatable bonds is 8. The van der Waals surface area contributed by atoms with Gasteiger partial charge in [-0.3, -0.25) is 4.79 Å². The van der Waals surface area contributed by atoms with Crippen LogP contribution in [-0.4, -0.2) is 58.5 Å². The highest BCUT2D eigenvalue weighted by Gasteiger charge is 2.20. The van der Waals surface area contributed by atoms with E-state index in [9.17, 15) is 15.0 Å². The van der Waals surface area contributed by atoms with Gasteiger partial charge in [-0.25, -0.2) is 4.99 Å². The molecule has 0 aliphatic heterocycles. The van der Waals surface area contributed by atoms with Gasteiger partial charge in [-0.05, 0) is 50.8 Å². The molecule has 0 spiro atoms. The van der Waals surface area contributed by atoms with Gasteiger partial charge < -0.3 is 25.4 Å². The van der Waals surface area contributed by atoms with Gasteiger partial charge in [0, 0.05) is 34.6 Å². The number of hydrogen-bond donors (Lipinski definition) is 4. The van der Waals surface area contributed by atoms with Crippen molar-refractivity contribution in [3.8, 4) is 5.88 Å². The number of aliphatic hydroxyl groups excluding tert-OH is 1. The molecule has 4 aromatic rings. The molecule has 3 aromatic carbocycles. The van der Waals surface area contributed by atoms with E-state index < -0.39 is 0 Å². The fourth-order valence-electron chi connectivity index (χ4n) is 3.95. The van der Waals surface area contributed by atoms with Gasteiger partial charge in [-0.15, -0.1) is 0 Å². The second kappa shape index (κ2) is 10.5. The number of carbonyl (C=O) groups excluding carboxylic acids is 1. The predicted molar refractivity (Wildman–Crippen MR) is 140 cm³/mol. The lowest BCUT2D eigenvalue weighted by Crippen LogP contribution is -2.34. The molecule has 4 N–H and O–H groups in total. The van der Waals surface area contributed by atoms with Crippen molar-refractivity contribution in [1.82, 2.24) is 15.2 Å². The van der Waals surface area contributed by atoms with Crippen molar-refractivity contribution >= 4 is 28.2 Å². The first-order valence-electron chi connectivity index (χ1n) is 11.5. The Labute approximate surface area is 204 Å². The lowest BCUT2D eigenvalue weighted by molar-refractivity contribution is 0.0922. The smallest absolute Gasteiger partial charge is 0.251 e. The summed E-state index contributed by atoms with van der Waals surface area (Å²) in [6.07, 6.45) is 0. The van der Waals surface area contributed by atoms with Gasteiger partial charge in [0.15, 0.2) is 5.88 Å². The molecule has 35 heavy (non-hydrogen) atoms. The van der Waals surface area contributed by atoms with Crippen LogP contribution >= 0.6 is 0 Å². The first-order chi connectivity index (χ1) is 16.9. The van der Waals surface area contributed by atoms with Gasteiger partial charge in [0.2, 0.25) is 0 Å². The third kappa shape index (κ3) is 5.59. The molecule has 1 atom stereocenters. The van der Waals surface area contributed by atoms with Crippen molar-refractivity contribution in [2.24, 2.45) is 4.99 Å². The minimum atomic E-state index is -0.355. The maximum atomic E-state index is 12.5. The Bertz CT molecular complexity index is 1340. The van der Waals surface area contributed by atoms with Gasteiger partial charge in [0.05, 0.1) is 23.6 Å². The predicted octanol–water partition coefficient (Wildman–Crippen LogP) is 4.21. The van der Waals surface area contributed by atoms with E-state index in [0.29, 0.717) is 22.4 Å². The van der Waals surface area contributed by atoms with Crippen LogP contribution in [0.15, 0.2) is 77.8 Å².